The fourth-order valence-electron chi connectivity index (χ4n) is 1.79. The molecule has 1 unspecified atom stereocenters. The summed E-state index contributed by atoms with van der Waals surface area (Å²) in [5, 5.41) is 15.8. The lowest BCUT2D eigenvalue weighted by Gasteiger charge is -2.14. The normalized spacial score (nSPS) is 11.3. The summed E-state index contributed by atoms with van der Waals surface area (Å²) in [7, 11) is 0. The standard InChI is InChI=1S/C15H14N4O4/c1-10(14(20)18-12-5-3-7-16-9-12)17-15(21)11-4-2-6-13(8-11)19(22)23/h2-10H,1H3,(H,17,21)(H,18,20). The second-order valence-electron chi connectivity index (χ2n) is 4.73. The number of carbonyl (C=O) groups excluding carboxylic acids is 2. The number of carbonyl (C=O) groups is 2. The van der Waals surface area contributed by atoms with Crippen molar-refractivity contribution in [2.75, 3.05) is 5.32 Å². The summed E-state index contributed by atoms with van der Waals surface area (Å²) in [5.41, 5.74) is 0.430. The SMILES string of the molecule is CC(NC(=O)c1cccc([N+](=O)[O-])c1)C(=O)Nc1cccnc1. The van der Waals surface area contributed by atoms with Gasteiger partial charge in [-0.3, -0.25) is 24.7 Å². The number of nitro benzene ring substituents is 1. The van der Waals surface area contributed by atoms with Gasteiger partial charge in [0, 0.05) is 23.9 Å². The minimum Gasteiger partial charge on any atom is -0.341 e. The molecular weight excluding hydrogens is 300 g/mol. The Morgan fingerprint density at radius 1 is 1.26 bits per heavy atom. The van der Waals surface area contributed by atoms with Gasteiger partial charge in [-0.2, -0.15) is 0 Å². The predicted octanol–water partition coefficient (Wildman–Crippen LogP) is 1.75. The van der Waals surface area contributed by atoms with Crippen LogP contribution in [0.2, 0.25) is 0 Å². The first-order valence-electron chi connectivity index (χ1n) is 6.73. The van der Waals surface area contributed by atoms with Crippen LogP contribution in [-0.2, 0) is 4.79 Å². The van der Waals surface area contributed by atoms with E-state index in [0.29, 0.717) is 5.69 Å². The molecule has 1 atom stereocenters. The zero-order chi connectivity index (χ0) is 16.8. The van der Waals surface area contributed by atoms with Gasteiger partial charge in [-0.05, 0) is 25.1 Å². The van der Waals surface area contributed by atoms with E-state index in [1.165, 1.54) is 31.3 Å². The van der Waals surface area contributed by atoms with Crippen LogP contribution in [0.1, 0.15) is 17.3 Å². The zero-order valence-corrected chi connectivity index (χ0v) is 12.2. The average Bonchev–Trinajstić information content (AvgIpc) is 2.55. The molecular formula is C15H14N4O4. The maximum absolute atomic E-state index is 12.1. The molecule has 1 heterocycles. The number of benzene rings is 1. The first-order valence-corrected chi connectivity index (χ1v) is 6.73. The van der Waals surface area contributed by atoms with Crippen LogP contribution in [0.4, 0.5) is 11.4 Å². The number of pyridine rings is 1. The van der Waals surface area contributed by atoms with E-state index in [1.807, 2.05) is 0 Å². The molecule has 1 aromatic heterocycles. The van der Waals surface area contributed by atoms with Crippen LogP contribution in [-0.4, -0.2) is 27.8 Å². The van der Waals surface area contributed by atoms with Crippen molar-refractivity contribution in [3.8, 4) is 0 Å². The molecule has 2 aromatic rings. The summed E-state index contributed by atoms with van der Waals surface area (Å²) in [5.74, 6) is -0.987. The molecule has 0 saturated heterocycles. The molecule has 118 valence electrons. The Kier molecular flexibility index (Phi) is 4.98. The van der Waals surface area contributed by atoms with Crippen LogP contribution in [0.15, 0.2) is 48.8 Å². The number of hydrogen-bond donors (Lipinski definition) is 2. The van der Waals surface area contributed by atoms with Crippen molar-refractivity contribution in [1.29, 1.82) is 0 Å². The molecule has 2 rings (SSSR count). The Balaban J connectivity index is 2.00. The summed E-state index contributed by atoms with van der Waals surface area (Å²) >= 11 is 0. The van der Waals surface area contributed by atoms with Crippen LogP contribution in [0.5, 0.6) is 0 Å². The fraction of sp³-hybridized carbons (Fsp3) is 0.133. The molecule has 8 heteroatoms. The molecule has 0 fully saturated rings. The van der Waals surface area contributed by atoms with Crippen molar-refractivity contribution in [1.82, 2.24) is 10.3 Å². The van der Waals surface area contributed by atoms with E-state index < -0.39 is 22.8 Å². The van der Waals surface area contributed by atoms with Crippen molar-refractivity contribution in [2.45, 2.75) is 13.0 Å². The Morgan fingerprint density at radius 3 is 2.70 bits per heavy atom. The minimum absolute atomic E-state index is 0.111. The van der Waals surface area contributed by atoms with E-state index in [9.17, 15) is 19.7 Å². The smallest absolute Gasteiger partial charge is 0.270 e. The highest BCUT2D eigenvalue weighted by atomic mass is 16.6. The van der Waals surface area contributed by atoms with Crippen molar-refractivity contribution in [2.24, 2.45) is 0 Å². The number of aromatic nitrogens is 1. The van der Waals surface area contributed by atoms with E-state index in [-0.39, 0.29) is 11.3 Å². The number of nitrogens with zero attached hydrogens (tertiary/aromatic N) is 2. The van der Waals surface area contributed by atoms with Gasteiger partial charge in [-0.25, -0.2) is 0 Å². The van der Waals surface area contributed by atoms with Crippen molar-refractivity contribution < 1.29 is 14.5 Å². The summed E-state index contributed by atoms with van der Waals surface area (Å²) in [4.78, 5) is 38.0. The fourth-order valence-corrected chi connectivity index (χ4v) is 1.79. The molecule has 0 aliphatic rings. The number of nitrogens with one attached hydrogen (secondary N) is 2. The molecule has 23 heavy (non-hydrogen) atoms. The Hall–Kier alpha value is -3.29. The van der Waals surface area contributed by atoms with Gasteiger partial charge in [0.2, 0.25) is 5.91 Å². The lowest BCUT2D eigenvalue weighted by Crippen LogP contribution is -2.41. The van der Waals surface area contributed by atoms with Gasteiger partial charge in [0.15, 0.2) is 0 Å². The molecule has 1 aromatic carbocycles. The van der Waals surface area contributed by atoms with Crippen LogP contribution < -0.4 is 10.6 Å². The molecule has 0 bridgehead atoms. The van der Waals surface area contributed by atoms with Crippen LogP contribution in [0, 0.1) is 10.1 Å². The van der Waals surface area contributed by atoms with Gasteiger partial charge in [0.1, 0.15) is 6.04 Å². The molecule has 0 spiro atoms. The second kappa shape index (κ2) is 7.12. The molecule has 2 N–H and O–H groups in total. The number of hydrogen-bond acceptors (Lipinski definition) is 5. The average molecular weight is 314 g/mol. The zero-order valence-electron chi connectivity index (χ0n) is 12.2. The van der Waals surface area contributed by atoms with Gasteiger partial charge in [0.25, 0.3) is 11.6 Å². The Labute approximate surface area is 131 Å². The van der Waals surface area contributed by atoms with Gasteiger partial charge in [-0.15, -0.1) is 0 Å². The lowest BCUT2D eigenvalue weighted by molar-refractivity contribution is -0.384. The van der Waals surface area contributed by atoms with Crippen LogP contribution in [0.3, 0.4) is 0 Å². The number of rotatable bonds is 5. The topological polar surface area (TPSA) is 114 Å². The second-order valence-corrected chi connectivity index (χ2v) is 4.73. The third-order valence-electron chi connectivity index (χ3n) is 2.99. The van der Waals surface area contributed by atoms with E-state index in [2.05, 4.69) is 15.6 Å². The quantitative estimate of drug-likeness (QED) is 0.644. The van der Waals surface area contributed by atoms with Crippen LogP contribution in [0.25, 0.3) is 0 Å². The number of amides is 2. The van der Waals surface area contributed by atoms with E-state index in [0.717, 1.165) is 6.07 Å². The molecule has 0 aliphatic carbocycles. The van der Waals surface area contributed by atoms with Gasteiger partial charge >= 0.3 is 0 Å². The van der Waals surface area contributed by atoms with Gasteiger partial charge in [0.05, 0.1) is 16.8 Å². The number of nitro groups is 1. The number of anilines is 1. The van der Waals surface area contributed by atoms with Gasteiger partial charge < -0.3 is 10.6 Å². The molecule has 0 aliphatic heterocycles. The molecule has 0 saturated carbocycles. The summed E-state index contributed by atoms with van der Waals surface area (Å²) < 4.78 is 0. The Morgan fingerprint density at radius 2 is 2.04 bits per heavy atom. The van der Waals surface area contributed by atoms with E-state index in [4.69, 9.17) is 0 Å². The van der Waals surface area contributed by atoms with Crippen molar-refractivity contribution in [3.05, 3.63) is 64.5 Å². The molecule has 0 radical (unpaired) electrons. The predicted molar refractivity (Wildman–Crippen MR) is 82.9 cm³/mol. The maximum atomic E-state index is 12.1. The van der Waals surface area contributed by atoms with E-state index in [1.54, 1.807) is 18.3 Å². The van der Waals surface area contributed by atoms with Gasteiger partial charge in [-0.1, -0.05) is 6.07 Å². The van der Waals surface area contributed by atoms with Crippen LogP contribution >= 0.6 is 0 Å². The Bertz CT molecular complexity index is 733. The highest BCUT2D eigenvalue weighted by Crippen LogP contribution is 2.13. The third kappa shape index (κ3) is 4.34. The summed E-state index contributed by atoms with van der Waals surface area (Å²) in [6.45, 7) is 1.51. The van der Waals surface area contributed by atoms with Crippen molar-refractivity contribution >= 4 is 23.2 Å². The summed E-state index contributed by atoms with van der Waals surface area (Å²) in [6.07, 6.45) is 3.05. The molecule has 2 amide bonds. The lowest BCUT2D eigenvalue weighted by atomic mass is 10.1. The summed E-state index contributed by atoms with van der Waals surface area (Å²) in [6, 6.07) is 7.81. The highest BCUT2D eigenvalue weighted by molar-refractivity contribution is 6.01. The van der Waals surface area contributed by atoms with E-state index >= 15 is 0 Å². The maximum Gasteiger partial charge on any atom is 0.270 e. The monoisotopic (exact) mass is 314 g/mol. The third-order valence-corrected chi connectivity index (χ3v) is 2.99. The highest BCUT2D eigenvalue weighted by Gasteiger charge is 2.18. The van der Waals surface area contributed by atoms with Crippen molar-refractivity contribution in [3.63, 3.8) is 0 Å². The largest absolute Gasteiger partial charge is 0.341 e. The first-order chi connectivity index (χ1) is 11.0. The minimum atomic E-state index is -0.818. The first kappa shape index (κ1) is 16.1. The molecule has 8 nitrogen and oxygen atoms in total. The number of non-ortho nitro benzene ring substituents is 1.